The Balaban J connectivity index is 3.15. The van der Waals surface area contributed by atoms with Crippen LogP contribution in [0, 0.1) is 11.8 Å². The van der Waals surface area contributed by atoms with E-state index in [9.17, 15) is 8.42 Å². The van der Waals surface area contributed by atoms with Gasteiger partial charge in [0, 0.05) is 24.1 Å². The van der Waals surface area contributed by atoms with Gasteiger partial charge in [0.15, 0.2) is 9.84 Å². The highest BCUT2D eigenvalue weighted by atomic mass is 35.5. The van der Waals surface area contributed by atoms with Crippen LogP contribution in [0.4, 0.5) is 0 Å². The first-order valence-corrected chi connectivity index (χ1v) is 6.82. The van der Waals surface area contributed by atoms with Gasteiger partial charge in [0.1, 0.15) is 0 Å². The van der Waals surface area contributed by atoms with Crippen LogP contribution < -0.4 is 0 Å². The summed E-state index contributed by atoms with van der Waals surface area (Å²) in [5.74, 6) is 6.08. The third-order valence-electron chi connectivity index (χ3n) is 1.73. The fourth-order valence-electron chi connectivity index (χ4n) is 1.10. The molecule has 0 bridgehead atoms. The van der Waals surface area contributed by atoms with E-state index in [0.29, 0.717) is 17.9 Å². The molecule has 1 aromatic rings. The van der Waals surface area contributed by atoms with Crippen LogP contribution in [0.1, 0.15) is 12.0 Å². The van der Waals surface area contributed by atoms with E-state index in [1.54, 1.807) is 24.3 Å². The molecule has 80 valence electrons. The smallest absolute Gasteiger partial charge is 0.176 e. The normalized spacial score (nSPS) is 10.5. The number of benzene rings is 1. The van der Waals surface area contributed by atoms with Gasteiger partial charge in [0.2, 0.25) is 0 Å². The molecule has 2 nitrogen and oxygen atoms in total. The maximum absolute atomic E-state index is 11.4. The molecule has 0 heterocycles. The third-order valence-corrected chi connectivity index (χ3v) is 3.07. The quantitative estimate of drug-likeness (QED) is 0.588. The number of hydrogen-bond donors (Lipinski definition) is 0. The Hall–Kier alpha value is -0.980. The van der Waals surface area contributed by atoms with Crippen molar-refractivity contribution in [3.63, 3.8) is 0 Å². The van der Waals surface area contributed by atoms with Gasteiger partial charge < -0.3 is 0 Å². The summed E-state index contributed by atoms with van der Waals surface area (Å²) in [6.07, 6.45) is 1.73. The number of sulfone groups is 1. The van der Waals surface area contributed by atoms with Gasteiger partial charge in [-0.3, -0.25) is 0 Å². The van der Waals surface area contributed by atoms with Crippen molar-refractivity contribution in [2.75, 3.05) is 12.1 Å². The van der Waals surface area contributed by atoms with Crippen molar-refractivity contribution >= 4 is 21.4 Å². The lowest BCUT2D eigenvalue weighted by molar-refractivity contribution is 0.601. The summed E-state index contributed by atoms with van der Waals surface area (Å²) < 4.78 is 22.8. The van der Waals surface area contributed by atoms with Crippen LogP contribution in [0.3, 0.4) is 0 Å². The van der Waals surface area contributed by atoms with Crippen molar-refractivity contribution < 1.29 is 8.42 Å². The second kappa shape index (κ2) is 5.20. The molecule has 0 atom stereocenters. The fourth-order valence-corrected chi connectivity index (χ4v) is 2.04. The molecule has 4 heteroatoms. The van der Waals surface area contributed by atoms with E-state index in [4.69, 9.17) is 11.6 Å². The van der Waals surface area contributed by atoms with Crippen molar-refractivity contribution in [3.8, 4) is 11.8 Å². The first-order valence-electron chi connectivity index (χ1n) is 4.39. The van der Waals surface area contributed by atoms with Gasteiger partial charge >= 0.3 is 0 Å². The Morgan fingerprint density at radius 3 is 2.60 bits per heavy atom. The summed E-state index contributed by atoms with van der Waals surface area (Å²) in [7, 11) is -3.21. The Kier molecular flexibility index (Phi) is 4.19. The van der Waals surface area contributed by atoms with Gasteiger partial charge in [0.05, 0.1) is 4.90 Å². The van der Waals surface area contributed by atoms with Crippen molar-refractivity contribution in [2.24, 2.45) is 0 Å². The van der Waals surface area contributed by atoms with E-state index >= 15 is 0 Å². The second-order valence-electron chi connectivity index (χ2n) is 3.01. The highest BCUT2D eigenvalue weighted by Gasteiger charge is 2.10. The summed E-state index contributed by atoms with van der Waals surface area (Å²) in [6.45, 7) is 0. The van der Waals surface area contributed by atoms with E-state index in [1.807, 2.05) is 0 Å². The summed E-state index contributed by atoms with van der Waals surface area (Å²) in [5.41, 5.74) is 0.533. The number of rotatable bonds is 2. The molecule has 0 aliphatic heterocycles. The first kappa shape index (κ1) is 12.1. The average molecular weight is 243 g/mol. The topological polar surface area (TPSA) is 34.1 Å². The molecule has 0 radical (unpaired) electrons. The van der Waals surface area contributed by atoms with E-state index < -0.39 is 9.84 Å². The van der Waals surface area contributed by atoms with E-state index in [1.165, 1.54) is 6.26 Å². The second-order valence-corrected chi connectivity index (χ2v) is 5.37. The molecule has 0 aromatic heterocycles. The molecular weight excluding hydrogens is 232 g/mol. The predicted molar refractivity (Wildman–Crippen MR) is 61.8 cm³/mol. The summed E-state index contributed by atoms with van der Waals surface area (Å²) in [6, 6.07) is 6.69. The van der Waals surface area contributed by atoms with Crippen LogP contribution in [-0.2, 0) is 9.84 Å². The number of hydrogen-bond acceptors (Lipinski definition) is 2. The maximum Gasteiger partial charge on any atom is 0.176 e. The molecule has 15 heavy (non-hydrogen) atoms. The van der Waals surface area contributed by atoms with Crippen molar-refractivity contribution in [1.82, 2.24) is 0 Å². The molecule has 0 fully saturated rings. The summed E-state index contributed by atoms with van der Waals surface area (Å²) in [5, 5.41) is 0. The molecule has 0 saturated heterocycles. The molecule has 1 aromatic carbocycles. The molecular formula is C11H11ClO2S. The summed E-state index contributed by atoms with van der Waals surface area (Å²) in [4.78, 5) is 0.270. The molecule has 1 rings (SSSR count). The van der Waals surface area contributed by atoms with Crippen molar-refractivity contribution in [2.45, 2.75) is 11.3 Å². The molecule has 0 spiro atoms. The van der Waals surface area contributed by atoms with Gasteiger partial charge in [0.25, 0.3) is 0 Å². The zero-order valence-corrected chi connectivity index (χ0v) is 9.90. The predicted octanol–water partition coefficient (Wildman–Crippen LogP) is 2.07. The molecule has 0 aliphatic rings. The van der Waals surface area contributed by atoms with Gasteiger partial charge in [-0.1, -0.05) is 24.0 Å². The standard InChI is InChI=1S/C11H11ClO2S/c1-15(13,14)11-8-3-2-6-10(11)7-4-5-9-12/h2-3,6,8H,5,9H2,1H3. The Morgan fingerprint density at radius 2 is 2.00 bits per heavy atom. The number of alkyl halides is 1. The Morgan fingerprint density at radius 1 is 1.33 bits per heavy atom. The lowest BCUT2D eigenvalue weighted by Crippen LogP contribution is -1.99. The third kappa shape index (κ3) is 3.58. The molecule has 0 aliphatic carbocycles. The van der Waals surface area contributed by atoms with Crippen LogP contribution >= 0.6 is 11.6 Å². The summed E-state index contributed by atoms with van der Waals surface area (Å²) >= 11 is 5.48. The molecule has 0 N–H and O–H groups in total. The van der Waals surface area contributed by atoms with Gasteiger partial charge in [-0.25, -0.2) is 8.42 Å². The zero-order valence-electron chi connectivity index (χ0n) is 8.33. The zero-order chi connectivity index (χ0) is 11.3. The van der Waals surface area contributed by atoms with Gasteiger partial charge in [-0.05, 0) is 12.1 Å². The van der Waals surface area contributed by atoms with E-state index in [2.05, 4.69) is 11.8 Å². The molecule has 0 amide bonds. The van der Waals surface area contributed by atoms with Crippen LogP contribution in [-0.4, -0.2) is 20.6 Å². The van der Waals surface area contributed by atoms with Crippen LogP contribution in [0.25, 0.3) is 0 Å². The van der Waals surface area contributed by atoms with Gasteiger partial charge in [-0.15, -0.1) is 11.6 Å². The molecule has 0 unspecified atom stereocenters. The van der Waals surface area contributed by atoms with Crippen LogP contribution in [0.15, 0.2) is 29.2 Å². The van der Waals surface area contributed by atoms with Crippen molar-refractivity contribution in [3.05, 3.63) is 29.8 Å². The van der Waals surface area contributed by atoms with E-state index in [0.717, 1.165) is 0 Å². The SMILES string of the molecule is CS(=O)(=O)c1ccccc1C#CCCCl. The Bertz CT molecular complexity index is 495. The first-order chi connectivity index (χ1) is 7.05. The van der Waals surface area contributed by atoms with Crippen LogP contribution in [0.5, 0.6) is 0 Å². The van der Waals surface area contributed by atoms with Crippen molar-refractivity contribution in [1.29, 1.82) is 0 Å². The van der Waals surface area contributed by atoms with Crippen LogP contribution in [0.2, 0.25) is 0 Å². The largest absolute Gasteiger partial charge is 0.224 e. The highest BCUT2D eigenvalue weighted by molar-refractivity contribution is 7.90. The minimum absolute atomic E-state index is 0.270. The lowest BCUT2D eigenvalue weighted by atomic mass is 10.2. The maximum atomic E-state index is 11.4. The highest BCUT2D eigenvalue weighted by Crippen LogP contribution is 2.13. The average Bonchev–Trinajstić information content (AvgIpc) is 2.17. The number of halogens is 1. The minimum atomic E-state index is -3.21. The monoisotopic (exact) mass is 242 g/mol. The van der Waals surface area contributed by atoms with Gasteiger partial charge in [-0.2, -0.15) is 0 Å². The van der Waals surface area contributed by atoms with E-state index in [-0.39, 0.29) is 4.90 Å². The molecule has 0 saturated carbocycles. The lowest BCUT2D eigenvalue weighted by Gasteiger charge is -2.00. The fraction of sp³-hybridized carbons (Fsp3) is 0.273. The Labute approximate surface area is 95.2 Å². The minimum Gasteiger partial charge on any atom is -0.224 e.